The van der Waals surface area contributed by atoms with Gasteiger partial charge < -0.3 is 15.5 Å². The summed E-state index contributed by atoms with van der Waals surface area (Å²) in [5.74, 6) is -0.611. The summed E-state index contributed by atoms with van der Waals surface area (Å²) in [6.45, 7) is 1.62. The van der Waals surface area contributed by atoms with Crippen LogP contribution in [0.15, 0.2) is 23.1 Å². The molecule has 2 aromatic heterocycles. The number of hydrogen-bond donors (Lipinski definition) is 2. The van der Waals surface area contributed by atoms with Crippen molar-refractivity contribution in [3.63, 3.8) is 0 Å². The number of halogens is 1. The van der Waals surface area contributed by atoms with Gasteiger partial charge in [0, 0.05) is 12.3 Å². The first-order valence-electron chi connectivity index (χ1n) is 5.17. The van der Waals surface area contributed by atoms with E-state index in [0.29, 0.717) is 5.56 Å². The van der Waals surface area contributed by atoms with Crippen molar-refractivity contribution in [3.8, 4) is 11.6 Å². The number of nitrogens with zero attached hydrogens (tertiary/aromatic N) is 2. The lowest BCUT2D eigenvalue weighted by atomic mass is 10.2. The van der Waals surface area contributed by atoms with Crippen molar-refractivity contribution >= 4 is 17.5 Å². The number of rotatable bonds is 3. The fourth-order valence-corrected chi connectivity index (χ4v) is 1.57. The molecule has 0 fully saturated rings. The SMILES string of the molecule is Cc1cc(Oc2ccnc(Cl)n2)c(=O)[nH]c1C(N)=O. The van der Waals surface area contributed by atoms with Crippen LogP contribution in [-0.4, -0.2) is 20.9 Å². The van der Waals surface area contributed by atoms with Crippen molar-refractivity contribution in [2.75, 3.05) is 0 Å². The second-order valence-corrected chi connectivity index (χ2v) is 3.99. The molecule has 2 heterocycles. The van der Waals surface area contributed by atoms with Gasteiger partial charge in [0.2, 0.25) is 11.2 Å². The van der Waals surface area contributed by atoms with E-state index in [1.165, 1.54) is 18.3 Å². The van der Waals surface area contributed by atoms with Crippen LogP contribution in [0.3, 0.4) is 0 Å². The minimum atomic E-state index is -0.716. The maximum Gasteiger partial charge on any atom is 0.291 e. The number of hydrogen-bond acceptors (Lipinski definition) is 5. The van der Waals surface area contributed by atoms with Crippen LogP contribution in [0.1, 0.15) is 16.1 Å². The molecule has 2 rings (SSSR count). The van der Waals surface area contributed by atoms with E-state index < -0.39 is 11.5 Å². The van der Waals surface area contributed by atoms with Gasteiger partial charge in [-0.05, 0) is 30.2 Å². The Morgan fingerprint density at radius 3 is 2.89 bits per heavy atom. The molecule has 0 saturated heterocycles. The minimum absolute atomic E-state index is 0.000549. The third-order valence-electron chi connectivity index (χ3n) is 2.27. The zero-order chi connectivity index (χ0) is 14.0. The molecule has 98 valence electrons. The van der Waals surface area contributed by atoms with E-state index in [1.807, 2.05) is 0 Å². The van der Waals surface area contributed by atoms with Gasteiger partial charge in [0.25, 0.3) is 11.5 Å². The standard InChI is InChI=1S/C11H9ClN4O3/c1-5-4-6(10(18)16-8(5)9(13)17)19-7-2-3-14-11(12)15-7/h2-4H,1H3,(H2,13,17)(H,16,18). The van der Waals surface area contributed by atoms with Crippen molar-refractivity contribution in [2.45, 2.75) is 6.92 Å². The Bertz CT molecular complexity index is 699. The summed E-state index contributed by atoms with van der Waals surface area (Å²) in [6, 6.07) is 2.84. The highest BCUT2D eigenvalue weighted by molar-refractivity contribution is 6.28. The van der Waals surface area contributed by atoms with Crippen molar-refractivity contribution in [1.29, 1.82) is 0 Å². The highest BCUT2D eigenvalue weighted by Crippen LogP contribution is 2.17. The lowest BCUT2D eigenvalue weighted by Crippen LogP contribution is -2.21. The van der Waals surface area contributed by atoms with Crippen molar-refractivity contribution in [3.05, 3.63) is 45.2 Å². The number of H-pyrrole nitrogens is 1. The number of nitrogens with one attached hydrogen (secondary N) is 1. The molecular weight excluding hydrogens is 272 g/mol. The molecule has 0 aromatic carbocycles. The molecule has 19 heavy (non-hydrogen) atoms. The van der Waals surface area contributed by atoms with Crippen LogP contribution < -0.4 is 16.0 Å². The lowest BCUT2D eigenvalue weighted by molar-refractivity contribution is 0.0994. The number of pyridine rings is 1. The molecule has 2 aromatic rings. The zero-order valence-electron chi connectivity index (χ0n) is 9.81. The minimum Gasteiger partial charge on any atom is -0.433 e. The number of ether oxygens (including phenoxy) is 1. The summed E-state index contributed by atoms with van der Waals surface area (Å²) >= 11 is 5.60. The Balaban J connectivity index is 2.39. The first kappa shape index (κ1) is 13.0. The highest BCUT2D eigenvalue weighted by Gasteiger charge is 2.11. The van der Waals surface area contributed by atoms with Gasteiger partial charge >= 0.3 is 0 Å². The first-order valence-corrected chi connectivity index (χ1v) is 5.55. The van der Waals surface area contributed by atoms with Gasteiger partial charge in [0.15, 0.2) is 5.75 Å². The summed E-state index contributed by atoms with van der Waals surface area (Å²) < 4.78 is 5.27. The van der Waals surface area contributed by atoms with Crippen molar-refractivity contribution in [1.82, 2.24) is 15.0 Å². The Morgan fingerprint density at radius 2 is 2.26 bits per heavy atom. The molecule has 0 saturated carbocycles. The van der Waals surface area contributed by atoms with E-state index >= 15 is 0 Å². The topological polar surface area (TPSA) is 111 Å². The Kier molecular flexibility index (Phi) is 3.48. The Labute approximate surface area is 112 Å². The monoisotopic (exact) mass is 280 g/mol. The largest absolute Gasteiger partial charge is 0.433 e. The third kappa shape index (κ3) is 2.89. The molecule has 8 heteroatoms. The maximum absolute atomic E-state index is 11.7. The van der Waals surface area contributed by atoms with Crippen LogP contribution in [0.2, 0.25) is 5.28 Å². The summed E-state index contributed by atoms with van der Waals surface area (Å²) in [5.41, 5.74) is 5.06. The summed E-state index contributed by atoms with van der Waals surface area (Å²) in [4.78, 5) is 32.6. The van der Waals surface area contributed by atoms with Crippen LogP contribution in [0.25, 0.3) is 0 Å². The molecule has 1 amide bonds. The molecule has 0 unspecified atom stereocenters. The second-order valence-electron chi connectivity index (χ2n) is 3.65. The predicted molar refractivity (Wildman–Crippen MR) is 67.4 cm³/mol. The molecule has 7 nitrogen and oxygen atoms in total. The fraction of sp³-hybridized carbons (Fsp3) is 0.0909. The lowest BCUT2D eigenvalue weighted by Gasteiger charge is -2.06. The molecule has 0 radical (unpaired) electrons. The number of primary amides is 1. The van der Waals surface area contributed by atoms with Crippen molar-refractivity contribution in [2.24, 2.45) is 5.73 Å². The molecule has 0 spiro atoms. The van der Waals surface area contributed by atoms with E-state index in [1.54, 1.807) is 6.92 Å². The number of aromatic amines is 1. The normalized spacial score (nSPS) is 10.2. The van der Waals surface area contributed by atoms with Gasteiger partial charge in [0.05, 0.1) is 0 Å². The van der Waals surface area contributed by atoms with Gasteiger partial charge in [-0.2, -0.15) is 4.98 Å². The number of aryl methyl sites for hydroxylation is 1. The Morgan fingerprint density at radius 1 is 1.53 bits per heavy atom. The van der Waals surface area contributed by atoms with E-state index in [9.17, 15) is 9.59 Å². The van der Waals surface area contributed by atoms with Gasteiger partial charge in [-0.3, -0.25) is 9.59 Å². The summed E-state index contributed by atoms with van der Waals surface area (Å²) in [7, 11) is 0. The molecule has 0 aliphatic carbocycles. The maximum atomic E-state index is 11.7. The average Bonchev–Trinajstić information content (AvgIpc) is 2.33. The van der Waals surface area contributed by atoms with E-state index in [-0.39, 0.29) is 22.6 Å². The smallest absolute Gasteiger partial charge is 0.291 e. The summed E-state index contributed by atoms with van der Waals surface area (Å²) in [6.07, 6.45) is 1.39. The van der Waals surface area contributed by atoms with Gasteiger partial charge in [0.1, 0.15) is 5.69 Å². The molecule has 0 bridgehead atoms. The molecular formula is C11H9ClN4O3. The summed E-state index contributed by atoms with van der Waals surface area (Å²) in [5, 5.41) is -0.000549. The number of carbonyl (C=O) groups is 1. The van der Waals surface area contributed by atoms with Crippen LogP contribution in [0.5, 0.6) is 11.6 Å². The van der Waals surface area contributed by atoms with E-state index in [4.69, 9.17) is 22.1 Å². The second kappa shape index (κ2) is 5.07. The molecule has 0 aliphatic heterocycles. The van der Waals surface area contributed by atoms with Crippen LogP contribution in [0, 0.1) is 6.92 Å². The van der Waals surface area contributed by atoms with E-state index in [2.05, 4.69) is 15.0 Å². The number of aromatic nitrogens is 3. The predicted octanol–water partition coefficient (Wildman–Crippen LogP) is 1.02. The third-order valence-corrected chi connectivity index (χ3v) is 2.45. The van der Waals surface area contributed by atoms with Gasteiger partial charge in [-0.1, -0.05) is 0 Å². The number of carbonyl (C=O) groups excluding carboxylic acids is 1. The highest BCUT2D eigenvalue weighted by atomic mass is 35.5. The van der Waals surface area contributed by atoms with Crippen molar-refractivity contribution < 1.29 is 9.53 Å². The number of nitrogens with two attached hydrogens (primary N) is 1. The van der Waals surface area contributed by atoms with E-state index in [0.717, 1.165) is 0 Å². The number of amides is 1. The quantitative estimate of drug-likeness (QED) is 0.815. The average molecular weight is 281 g/mol. The molecule has 0 atom stereocenters. The van der Waals surface area contributed by atoms with Crippen LogP contribution in [0.4, 0.5) is 0 Å². The van der Waals surface area contributed by atoms with Gasteiger partial charge in [-0.15, -0.1) is 0 Å². The van der Waals surface area contributed by atoms with Crippen LogP contribution in [-0.2, 0) is 0 Å². The molecule has 3 N–H and O–H groups in total. The zero-order valence-corrected chi connectivity index (χ0v) is 10.6. The fourth-order valence-electron chi connectivity index (χ4n) is 1.43. The Hall–Kier alpha value is -2.41. The first-order chi connectivity index (χ1) is 8.97. The van der Waals surface area contributed by atoms with Crippen LogP contribution >= 0.6 is 11.6 Å². The molecule has 0 aliphatic rings. The van der Waals surface area contributed by atoms with Gasteiger partial charge in [-0.25, -0.2) is 4.98 Å².